The van der Waals surface area contributed by atoms with Crippen molar-refractivity contribution in [3.8, 4) is 0 Å². The predicted octanol–water partition coefficient (Wildman–Crippen LogP) is 1.41. The van der Waals surface area contributed by atoms with E-state index in [1.165, 1.54) is 7.11 Å². The van der Waals surface area contributed by atoms with E-state index in [-0.39, 0.29) is 6.73 Å². The third kappa shape index (κ3) is 4.00. The summed E-state index contributed by atoms with van der Waals surface area (Å²) in [4.78, 5) is 4.45. The van der Waals surface area contributed by atoms with E-state index in [1.54, 1.807) is 0 Å². The van der Waals surface area contributed by atoms with Gasteiger partial charge in [-0.25, -0.2) is 0 Å². The van der Waals surface area contributed by atoms with Crippen LogP contribution in [0.1, 0.15) is 5.56 Å². The Balaban J connectivity index is 2.20. The molecule has 4 nitrogen and oxygen atoms in total. The van der Waals surface area contributed by atoms with Crippen LogP contribution in [0.5, 0.6) is 0 Å². The maximum atomic E-state index is 8.82. The standard InChI is InChI=1S/C9H13NO3/c1-12-10(11)8-13-7-9-5-3-2-4-6-9/h2-6,11H,7-8H2,1H3. The van der Waals surface area contributed by atoms with Gasteiger partial charge in [-0.15, -0.1) is 0 Å². The topological polar surface area (TPSA) is 41.9 Å². The molecule has 1 rings (SSSR count). The van der Waals surface area contributed by atoms with Crippen molar-refractivity contribution in [1.29, 1.82) is 0 Å². The molecule has 0 aliphatic carbocycles. The Morgan fingerprint density at radius 1 is 1.31 bits per heavy atom. The number of hydrogen-bond acceptors (Lipinski definition) is 4. The highest BCUT2D eigenvalue weighted by atomic mass is 16.9. The zero-order valence-corrected chi connectivity index (χ0v) is 7.51. The van der Waals surface area contributed by atoms with Crippen molar-refractivity contribution in [2.75, 3.05) is 13.8 Å². The third-order valence-electron chi connectivity index (χ3n) is 1.52. The van der Waals surface area contributed by atoms with Crippen molar-refractivity contribution < 1.29 is 14.8 Å². The minimum Gasteiger partial charge on any atom is -0.357 e. The maximum absolute atomic E-state index is 8.82. The summed E-state index contributed by atoms with van der Waals surface area (Å²) in [5.41, 5.74) is 1.06. The molecule has 4 heteroatoms. The van der Waals surface area contributed by atoms with Crippen LogP contribution in [0.3, 0.4) is 0 Å². The number of benzene rings is 1. The van der Waals surface area contributed by atoms with Crippen LogP contribution in [0.15, 0.2) is 30.3 Å². The predicted molar refractivity (Wildman–Crippen MR) is 46.7 cm³/mol. The van der Waals surface area contributed by atoms with Crippen molar-refractivity contribution >= 4 is 0 Å². The van der Waals surface area contributed by atoms with Gasteiger partial charge in [-0.2, -0.15) is 0 Å². The third-order valence-corrected chi connectivity index (χ3v) is 1.52. The van der Waals surface area contributed by atoms with Crippen LogP contribution in [0, 0.1) is 0 Å². The van der Waals surface area contributed by atoms with Gasteiger partial charge in [0.1, 0.15) is 6.73 Å². The fourth-order valence-electron chi connectivity index (χ4n) is 0.869. The lowest BCUT2D eigenvalue weighted by Gasteiger charge is -2.11. The van der Waals surface area contributed by atoms with Crippen molar-refractivity contribution in [2.45, 2.75) is 6.61 Å². The second-order valence-electron chi connectivity index (χ2n) is 2.50. The van der Waals surface area contributed by atoms with Crippen LogP contribution in [-0.4, -0.2) is 24.3 Å². The second kappa shape index (κ2) is 5.66. The van der Waals surface area contributed by atoms with Crippen LogP contribution in [0.2, 0.25) is 0 Å². The molecule has 1 aromatic carbocycles. The molecule has 0 amide bonds. The van der Waals surface area contributed by atoms with Crippen molar-refractivity contribution in [3.05, 3.63) is 35.9 Å². The van der Waals surface area contributed by atoms with Gasteiger partial charge in [-0.05, 0) is 10.8 Å². The molecule has 0 heterocycles. The van der Waals surface area contributed by atoms with E-state index in [0.717, 1.165) is 5.56 Å². The molecular weight excluding hydrogens is 170 g/mol. The molecule has 0 aliphatic heterocycles. The molecule has 0 atom stereocenters. The van der Waals surface area contributed by atoms with E-state index < -0.39 is 0 Å². The fraction of sp³-hybridized carbons (Fsp3) is 0.333. The second-order valence-corrected chi connectivity index (χ2v) is 2.50. The molecular formula is C9H13NO3. The summed E-state index contributed by atoms with van der Waals surface area (Å²) in [6.07, 6.45) is 0. The molecule has 13 heavy (non-hydrogen) atoms. The Morgan fingerprint density at radius 3 is 2.62 bits per heavy atom. The summed E-state index contributed by atoms with van der Waals surface area (Å²) in [5.74, 6) is 0. The van der Waals surface area contributed by atoms with Gasteiger partial charge in [0.05, 0.1) is 13.7 Å². The molecule has 0 aliphatic rings. The number of nitrogens with zero attached hydrogens (tertiary/aromatic N) is 1. The first-order chi connectivity index (χ1) is 6.33. The molecule has 72 valence electrons. The fourth-order valence-corrected chi connectivity index (χ4v) is 0.869. The molecule has 0 saturated heterocycles. The molecule has 0 unspecified atom stereocenters. The van der Waals surface area contributed by atoms with E-state index in [0.29, 0.717) is 11.8 Å². The Morgan fingerprint density at radius 2 is 2.00 bits per heavy atom. The minimum absolute atomic E-state index is 0.0331. The zero-order valence-electron chi connectivity index (χ0n) is 7.51. The van der Waals surface area contributed by atoms with Crippen molar-refractivity contribution in [1.82, 2.24) is 5.23 Å². The lowest BCUT2D eigenvalue weighted by molar-refractivity contribution is -0.358. The molecule has 1 N–H and O–H groups in total. The van der Waals surface area contributed by atoms with Gasteiger partial charge in [0.15, 0.2) is 0 Å². The first-order valence-electron chi connectivity index (χ1n) is 3.95. The summed E-state index contributed by atoms with van der Waals surface area (Å²) in [5, 5.41) is 9.45. The molecule has 0 spiro atoms. The molecule has 0 saturated carbocycles. The number of rotatable bonds is 5. The van der Waals surface area contributed by atoms with Crippen LogP contribution < -0.4 is 0 Å². The number of ether oxygens (including phenoxy) is 1. The highest BCUT2D eigenvalue weighted by Crippen LogP contribution is 2.00. The van der Waals surface area contributed by atoms with Gasteiger partial charge in [0.25, 0.3) is 0 Å². The lowest BCUT2D eigenvalue weighted by Crippen LogP contribution is -2.20. The Kier molecular flexibility index (Phi) is 4.42. The summed E-state index contributed by atoms with van der Waals surface area (Å²) < 4.78 is 5.12. The van der Waals surface area contributed by atoms with Gasteiger partial charge >= 0.3 is 0 Å². The van der Waals surface area contributed by atoms with Crippen LogP contribution in [-0.2, 0) is 16.2 Å². The Labute approximate surface area is 77.2 Å². The SMILES string of the molecule is CON(O)COCc1ccccc1. The quantitative estimate of drug-likeness (QED) is 0.553. The van der Waals surface area contributed by atoms with Gasteiger partial charge in [0.2, 0.25) is 0 Å². The Bertz CT molecular complexity index is 228. The monoisotopic (exact) mass is 183 g/mol. The van der Waals surface area contributed by atoms with Crippen molar-refractivity contribution in [2.24, 2.45) is 0 Å². The van der Waals surface area contributed by atoms with Gasteiger partial charge in [-0.1, -0.05) is 30.3 Å². The normalized spacial score (nSPS) is 10.7. The number of hydroxylamine groups is 2. The van der Waals surface area contributed by atoms with E-state index in [2.05, 4.69) is 4.84 Å². The van der Waals surface area contributed by atoms with Crippen molar-refractivity contribution in [3.63, 3.8) is 0 Å². The largest absolute Gasteiger partial charge is 0.357 e. The smallest absolute Gasteiger partial charge is 0.150 e. The molecule has 0 aromatic heterocycles. The van der Waals surface area contributed by atoms with Crippen LogP contribution in [0.4, 0.5) is 0 Å². The van der Waals surface area contributed by atoms with Gasteiger partial charge in [0, 0.05) is 0 Å². The minimum atomic E-state index is 0.0331. The summed E-state index contributed by atoms with van der Waals surface area (Å²) >= 11 is 0. The van der Waals surface area contributed by atoms with E-state index >= 15 is 0 Å². The zero-order chi connectivity index (χ0) is 9.52. The highest BCUT2D eigenvalue weighted by molar-refractivity contribution is 5.13. The highest BCUT2D eigenvalue weighted by Gasteiger charge is 1.96. The first kappa shape index (κ1) is 10.1. The van der Waals surface area contributed by atoms with Crippen LogP contribution >= 0.6 is 0 Å². The van der Waals surface area contributed by atoms with E-state index in [4.69, 9.17) is 9.94 Å². The lowest BCUT2D eigenvalue weighted by atomic mass is 10.2. The molecule has 0 radical (unpaired) electrons. The number of hydrogen-bond donors (Lipinski definition) is 1. The average molecular weight is 183 g/mol. The summed E-state index contributed by atoms with van der Waals surface area (Å²) in [7, 11) is 1.37. The molecule has 0 fully saturated rings. The molecule has 0 bridgehead atoms. The molecule has 1 aromatic rings. The summed E-state index contributed by atoms with van der Waals surface area (Å²) in [6, 6.07) is 9.72. The van der Waals surface area contributed by atoms with Crippen LogP contribution in [0.25, 0.3) is 0 Å². The maximum Gasteiger partial charge on any atom is 0.150 e. The van der Waals surface area contributed by atoms with Gasteiger partial charge in [-0.3, -0.25) is 10.0 Å². The Hall–Kier alpha value is -0.940. The van der Waals surface area contributed by atoms with E-state index in [9.17, 15) is 0 Å². The summed E-state index contributed by atoms with van der Waals surface area (Å²) in [6.45, 7) is 0.493. The average Bonchev–Trinajstić information content (AvgIpc) is 2.19. The first-order valence-corrected chi connectivity index (χ1v) is 3.95. The van der Waals surface area contributed by atoms with E-state index in [1.807, 2.05) is 30.3 Å². The van der Waals surface area contributed by atoms with Gasteiger partial charge < -0.3 is 4.74 Å².